The van der Waals surface area contributed by atoms with Crippen molar-refractivity contribution >= 4 is 11.9 Å². The van der Waals surface area contributed by atoms with Crippen LogP contribution in [0.5, 0.6) is 5.75 Å². The number of carbonyl (C=O) groups is 1. The van der Waals surface area contributed by atoms with Crippen LogP contribution in [0.15, 0.2) is 30.5 Å². The molecule has 1 amide bonds. The van der Waals surface area contributed by atoms with Crippen LogP contribution >= 0.6 is 0 Å². The van der Waals surface area contributed by atoms with Crippen LogP contribution in [0.25, 0.3) is 0 Å². The number of ether oxygens (including phenoxy) is 2. The lowest BCUT2D eigenvalue weighted by atomic mass is 9.74. The van der Waals surface area contributed by atoms with Gasteiger partial charge in [0.15, 0.2) is 0 Å². The molecule has 2 heterocycles. The molecule has 2 aliphatic rings. The topological polar surface area (TPSA) is 76.6 Å². The highest BCUT2D eigenvalue weighted by molar-refractivity contribution is 5.79. The van der Waals surface area contributed by atoms with Gasteiger partial charge in [0, 0.05) is 30.4 Å². The molecule has 0 spiro atoms. The molecule has 4 rings (SSSR count). The SMILES string of the molecule is COc1ccccc1CC(=O)N[C@@H]1CC(C)(C)Cc2nc(N3C[C@H](C)O[C@@H](C)C3)ncc21. The number of hydrogen-bond acceptors (Lipinski definition) is 6. The molecule has 1 aromatic heterocycles. The van der Waals surface area contributed by atoms with E-state index < -0.39 is 0 Å². The lowest BCUT2D eigenvalue weighted by Crippen LogP contribution is -2.46. The number of aromatic nitrogens is 2. The molecule has 1 aromatic carbocycles. The van der Waals surface area contributed by atoms with Crippen LogP contribution in [-0.2, 0) is 22.4 Å². The van der Waals surface area contributed by atoms with E-state index in [0.29, 0.717) is 0 Å². The minimum atomic E-state index is -0.104. The molecule has 2 aromatic rings. The Balaban J connectivity index is 1.54. The van der Waals surface area contributed by atoms with Crippen molar-refractivity contribution in [1.29, 1.82) is 0 Å². The van der Waals surface area contributed by atoms with Crippen molar-refractivity contribution < 1.29 is 14.3 Å². The molecular formula is C25H34N4O3. The summed E-state index contributed by atoms with van der Waals surface area (Å²) in [6.07, 6.45) is 4.21. The smallest absolute Gasteiger partial charge is 0.225 e. The molecule has 7 nitrogen and oxygen atoms in total. The zero-order valence-electron chi connectivity index (χ0n) is 19.7. The normalized spacial score (nSPS) is 24.5. The molecule has 1 N–H and O–H groups in total. The zero-order chi connectivity index (χ0) is 22.9. The molecule has 32 heavy (non-hydrogen) atoms. The third-order valence-electron chi connectivity index (χ3n) is 6.25. The second kappa shape index (κ2) is 9.06. The van der Waals surface area contributed by atoms with E-state index in [1.807, 2.05) is 30.5 Å². The molecule has 0 saturated carbocycles. The fourth-order valence-corrected chi connectivity index (χ4v) is 4.93. The number of benzene rings is 1. The van der Waals surface area contributed by atoms with E-state index in [1.165, 1.54) is 0 Å². The van der Waals surface area contributed by atoms with Gasteiger partial charge in [-0.1, -0.05) is 32.0 Å². The Morgan fingerprint density at radius 3 is 2.69 bits per heavy atom. The Morgan fingerprint density at radius 2 is 1.97 bits per heavy atom. The van der Waals surface area contributed by atoms with Gasteiger partial charge in [-0.2, -0.15) is 0 Å². The van der Waals surface area contributed by atoms with Gasteiger partial charge in [-0.05, 0) is 38.2 Å². The second-order valence-electron chi connectivity index (χ2n) is 9.89. The van der Waals surface area contributed by atoms with E-state index in [9.17, 15) is 4.79 Å². The molecule has 1 saturated heterocycles. The van der Waals surface area contributed by atoms with Crippen molar-refractivity contribution in [3.8, 4) is 5.75 Å². The van der Waals surface area contributed by atoms with Crippen LogP contribution < -0.4 is 15.0 Å². The van der Waals surface area contributed by atoms with Crippen molar-refractivity contribution in [1.82, 2.24) is 15.3 Å². The molecule has 1 fully saturated rings. The maximum absolute atomic E-state index is 12.9. The molecule has 7 heteroatoms. The fraction of sp³-hybridized carbons (Fsp3) is 0.560. The van der Waals surface area contributed by atoms with Gasteiger partial charge in [-0.3, -0.25) is 4.79 Å². The second-order valence-corrected chi connectivity index (χ2v) is 9.89. The molecule has 1 aliphatic carbocycles. The predicted octanol–water partition coefficient (Wildman–Crippen LogP) is 3.47. The van der Waals surface area contributed by atoms with E-state index >= 15 is 0 Å². The molecule has 0 bridgehead atoms. The summed E-state index contributed by atoms with van der Waals surface area (Å²) in [6.45, 7) is 10.2. The molecule has 1 aliphatic heterocycles. The summed E-state index contributed by atoms with van der Waals surface area (Å²) in [5, 5.41) is 3.24. The third-order valence-corrected chi connectivity index (χ3v) is 6.25. The van der Waals surface area contributed by atoms with Crippen LogP contribution in [0, 0.1) is 5.41 Å². The van der Waals surface area contributed by atoms with Gasteiger partial charge in [0.05, 0.1) is 37.5 Å². The highest BCUT2D eigenvalue weighted by Crippen LogP contribution is 2.40. The van der Waals surface area contributed by atoms with E-state index in [4.69, 9.17) is 14.5 Å². The highest BCUT2D eigenvalue weighted by atomic mass is 16.5. The number of fused-ring (bicyclic) bond motifs is 1. The van der Waals surface area contributed by atoms with E-state index in [0.717, 1.165) is 54.4 Å². The number of morpholine rings is 1. The molecule has 3 atom stereocenters. The van der Waals surface area contributed by atoms with Crippen LogP contribution in [0.4, 0.5) is 5.95 Å². The largest absolute Gasteiger partial charge is 0.496 e. The third kappa shape index (κ3) is 5.04. The van der Waals surface area contributed by atoms with Gasteiger partial charge in [-0.15, -0.1) is 0 Å². The lowest BCUT2D eigenvalue weighted by Gasteiger charge is -2.38. The number of rotatable bonds is 5. The number of methoxy groups -OCH3 is 1. The van der Waals surface area contributed by atoms with Crippen molar-refractivity contribution in [2.45, 2.75) is 65.2 Å². The standard InChI is InChI=1S/C25H34N4O3/c1-16-14-29(15-17(2)32-16)24-26-13-19-20(11-25(3,4)12-21(19)28-24)27-23(30)10-18-8-6-7-9-22(18)31-5/h6-9,13,16-17,20H,10-12,14-15H2,1-5H3,(H,27,30)/t16-,17-,20+/m0/s1. The Morgan fingerprint density at radius 1 is 1.25 bits per heavy atom. The first kappa shape index (κ1) is 22.5. The molecule has 0 unspecified atom stereocenters. The van der Waals surface area contributed by atoms with E-state index in [1.54, 1.807) is 7.11 Å². The first-order chi connectivity index (χ1) is 15.2. The summed E-state index contributed by atoms with van der Waals surface area (Å²) in [6, 6.07) is 7.53. The van der Waals surface area contributed by atoms with Crippen LogP contribution in [0.1, 0.15) is 57.0 Å². The average Bonchev–Trinajstić information content (AvgIpc) is 2.72. The number of nitrogens with one attached hydrogen (secondary N) is 1. The maximum Gasteiger partial charge on any atom is 0.225 e. The van der Waals surface area contributed by atoms with Crippen LogP contribution in [0.2, 0.25) is 0 Å². The number of carbonyl (C=O) groups excluding carboxylic acids is 1. The average molecular weight is 439 g/mol. The Bertz CT molecular complexity index is 967. The predicted molar refractivity (Wildman–Crippen MR) is 124 cm³/mol. The van der Waals surface area contributed by atoms with Crippen molar-refractivity contribution in [3.05, 3.63) is 47.3 Å². The van der Waals surface area contributed by atoms with Gasteiger partial charge in [0.2, 0.25) is 11.9 Å². The number of anilines is 1. The van der Waals surface area contributed by atoms with Crippen LogP contribution in [0.3, 0.4) is 0 Å². The van der Waals surface area contributed by atoms with E-state index in [-0.39, 0.29) is 36.0 Å². The summed E-state index contributed by atoms with van der Waals surface area (Å²) in [5.41, 5.74) is 2.97. The van der Waals surface area contributed by atoms with Crippen molar-refractivity contribution in [2.75, 3.05) is 25.1 Å². The minimum Gasteiger partial charge on any atom is -0.496 e. The van der Waals surface area contributed by atoms with Gasteiger partial charge < -0.3 is 19.7 Å². The number of para-hydroxylation sites is 1. The maximum atomic E-state index is 12.9. The molecular weight excluding hydrogens is 404 g/mol. The van der Waals surface area contributed by atoms with Crippen LogP contribution in [-0.4, -0.2) is 48.3 Å². The zero-order valence-corrected chi connectivity index (χ0v) is 19.7. The lowest BCUT2D eigenvalue weighted by molar-refractivity contribution is -0.121. The first-order valence-corrected chi connectivity index (χ1v) is 11.4. The summed E-state index contributed by atoms with van der Waals surface area (Å²) in [4.78, 5) is 24.8. The number of amides is 1. The van der Waals surface area contributed by atoms with Crippen molar-refractivity contribution in [3.63, 3.8) is 0 Å². The number of nitrogens with zero attached hydrogens (tertiary/aromatic N) is 3. The van der Waals surface area contributed by atoms with Gasteiger partial charge in [-0.25, -0.2) is 9.97 Å². The summed E-state index contributed by atoms with van der Waals surface area (Å²) in [5.74, 6) is 1.46. The molecule has 0 radical (unpaired) electrons. The monoisotopic (exact) mass is 438 g/mol. The molecule has 172 valence electrons. The van der Waals surface area contributed by atoms with Gasteiger partial charge in [0.1, 0.15) is 5.75 Å². The summed E-state index contributed by atoms with van der Waals surface area (Å²) < 4.78 is 11.3. The van der Waals surface area contributed by atoms with Gasteiger partial charge >= 0.3 is 0 Å². The van der Waals surface area contributed by atoms with Gasteiger partial charge in [0.25, 0.3) is 0 Å². The van der Waals surface area contributed by atoms with Crippen molar-refractivity contribution in [2.24, 2.45) is 5.41 Å². The Kier molecular flexibility index (Phi) is 6.38. The number of hydrogen-bond donors (Lipinski definition) is 1. The van der Waals surface area contributed by atoms with E-state index in [2.05, 4.69) is 42.9 Å². The Labute approximate surface area is 190 Å². The summed E-state index contributed by atoms with van der Waals surface area (Å²) in [7, 11) is 1.63. The highest BCUT2D eigenvalue weighted by Gasteiger charge is 2.35. The fourth-order valence-electron chi connectivity index (χ4n) is 4.93. The quantitative estimate of drug-likeness (QED) is 0.770. The minimum absolute atomic E-state index is 0.0249. The Hall–Kier alpha value is -2.67. The summed E-state index contributed by atoms with van der Waals surface area (Å²) >= 11 is 0. The first-order valence-electron chi connectivity index (χ1n) is 11.4.